The zero-order valence-electron chi connectivity index (χ0n) is 4.71. The van der Waals surface area contributed by atoms with Gasteiger partial charge in [0.2, 0.25) is 0 Å². The van der Waals surface area contributed by atoms with Crippen LogP contribution in [0.3, 0.4) is 0 Å². The molecule has 5 heteroatoms. The summed E-state index contributed by atoms with van der Waals surface area (Å²) >= 11 is 0. The molecule has 1 heterocycles. The summed E-state index contributed by atoms with van der Waals surface area (Å²) in [4.78, 5) is 13.2. The molecule has 0 aliphatic heterocycles. The van der Waals surface area contributed by atoms with Gasteiger partial charge in [-0.1, -0.05) is 0 Å². The molecule has 0 unspecified atom stereocenters. The zero-order chi connectivity index (χ0) is 5.28. The second-order valence-electron chi connectivity index (χ2n) is 1.11. The Morgan fingerprint density at radius 1 is 1.75 bits per heavy atom. The Labute approximate surface area is 88.1 Å². The molecule has 4 nitrogen and oxygen atoms in total. The molecule has 8 heavy (non-hydrogen) atoms. The Bertz CT molecular complexity index is 203. The third-order valence-electron chi connectivity index (χ3n) is 0.509. The molecule has 0 N–H and O–H groups in total. The van der Waals surface area contributed by atoms with Crippen LogP contribution in [0.2, 0.25) is 0 Å². The number of aryl methyl sites for hydroxylation is 1. The van der Waals surface area contributed by atoms with Crippen molar-refractivity contribution >= 4 is 0 Å². The number of nitrogens with zero attached hydrogens (tertiary/aromatic N) is 2. The smallest absolute Gasteiger partial charge is 0.422 e. The molecule has 1 aromatic rings. The van der Waals surface area contributed by atoms with Crippen LogP contribution in [0.4, 0.5) is 0 Å². The van der Waals surface area contributed by atoms with Gasteiger partial charge in [0, 0.05) is 0 Å². The van der Waals surface area contributed by atoms with E-state index in [1.807, 2.05) is 0 Å². The number of aromatic nitrogens is 2. The Morgan fingerprint density at radius 3 is 2.50 bits per heavy atom. The van der Waals surface area contributed by atoms with E-state index in [0.717, 1.165) is 0 Å². The van der Waals surface area contributed by atoms with Crippen LogP contribution >= 0.6 is 0 Å². The molecular formula is C3H3KN2O2. The molecule has 0 atom stereocenters. The second-order valence-corrected chi connectivity index (χ2v) is 1.11. The molecule has 0 saturated heterocycles. The average molecular weight is 138 g/mol. The maximum absolute atomic E-state index is 9.95. The summed E-state index contributed by atoms with van der Waals surface area (Å²) in [5.41, 5.74) is 0. The van der Waals surface area contributed by atoms with E-state index in [9.17, 15) is 4.79 Å². The first-order valence-electron chi connectivity index (χ1n) is 1.76. The van der Waals surface area contributed by atoms with Crippen molar-refractivity contribution < 1.29 is 55.9 Å². The number of rotatable bonds is 0. The second kappa shape index (κ2) is 3.57. The maximum atomic E-state index is 9.95. The molecule has 0 spiro atoms. The minimum atomic E-state index is -0.627. The van der Waals surface area contributed by atoms with Crippen LogP contribution in [-0.4, -0.2) is 5.16 Å². The van der Waals surface area contributed by atoms with Crippen molar-refractivity contribution in [3.05, 3.63) is 16.4 Å². The SMILES string of the molecule is Cc1noc(=O)[n-]1.[K+]. The molecule has 38 valence electrons. The maximum Gasteiger partial charge on any atom is 1.00 e. The fourth-order valence-electron chi connectivity index (χ4n) is 0.278. The molecule has 0 amide bonds. The minimum Gasteiger partial charge on any atom is -0.422 e. The minimum absolute atomic E-state index is 0. The monoisotopic (exact) mass is 138 g/mol. The number of hydrogen-bond donors (Lipinski definition) is 0. The largest absolute Gasteiger partial charge is 1.00 e. The van der Waals surface area contributed by atoms with E-state index in [1.165, 1.54) is 0 Å². The molecule has 1 rings (SSSR count). The molecule has 1 aromatic heterocycles. The summed E-state index contributed by atoms with van der Waals surface area (Å²) < 4.78 is 4.05. The molecule has 0 aromatic carbocycles. The Kier molecular flexibility index (Phi) is 3.83. The Morgan fingerprint density at radius 2 is 2.38 bits per heavy atom. The first kappa shape index (κ1) is 8.58. The van der Waals surface area contributed by atoms with Gasteiger partial charge in [0.1, 0.15) is 0 Å². The summed E-state index contributed by atoms with van der Waals surface area (Å²) in [6, 6.07) is 0. The Hall–Kier alpha value is 0.576. The van der Waals surface area contributed by atoms with E-state index in [0.29, 0.717) is 5.82 Å². The van der Waals surface area contributed by atoms with Gasteiger partial charge in [-0.25, -0.2) is 4.79 Å². The molecule has 0 saturated carbocycles. The third kappa shape index (κ3) is 2.23. The number of hydrogen-bond acceptors (Lipinski definition) is 3. The van der Waals surface area contributed by atoms with Gasteiger partial charge in [0.05, 0.1) is 0 Å². The summed E-state index contributed by atoms with van der Waals surface area (Å²) in [6.45, 7) is 1.59. The van der Waals surface area contributed by atoms with Crippen molar-refractivity contribution in [1.29, 1.82) is 0 Å². The predicted octanol–water partition coefficient (Wildman–Crippen LogP) is -3.70. The summed E-state index contributed by atoms with van der Waals surface area (Å²) in [6.07, 6.45) is 0. The molecular weight excluding hydrogens is 135 g/mol. The summed E-state index contributed by atoms with van der Waals surface area (Å²) in [5.74, 6) is -0.248. The zero-order valence-corrected chi connectivity index (χ0v) is 7.83. The van der Waals surface area contributed by atoms with Gasteiger partial charge >= 0.3 is 57.1 Å². The molecule has 0 bridgehead atoms. The fourth-order valence-corrected chi connectivity index (χ4v) is 0.278. The van der Waals surface area contributed by atoms with Crippen LogP contribution in [0, 0.1) is 6.92 Å². The molecule has 0 fully saturated rings. The van der Waals surface area contributed by atoms with Gasteiger partial charge in [0.15, 0.2) is 0 Å². The van der Waals surface area contributed by atoms with Crippen LogP contribution in [-0.2, 0) is 0 Å². The van der Waals surface area contributed by atoms with Crippen molar-refractivity contribution in [3.8, 4) is 0 Å². The topological polar surface area (TPSA) is 57.2 Å². The quantitative estimate of drug-likeness (QED) is 0.346. The van der Waals surface area contributed by atoms with Crippen molar-refractivity contribution in [1.82, 2.24) is 10.1 Å². The predicted molar refractivity (Wildman–Crippen MR) is 20.8 cm³/mol. The van der Waals surface area contributed by atoms with E-state index >= 15 is 0 Å². The van der Waals surface area contributed by atoms with Gasteiger partial charge in [-0.3, -0.25) is 5.16 Å². The van der Waals surface area contributed by atoms with Crippen molar-refractivity contribution in [3.63, 3.8) is 0 Å². The summed E-state index contributed by atoms with van der Waals surface area (Å²) in [7, 11) is 0. The van der Waals surface area contributed by atoms with Gasteiger partial charge in [0.25, 0.3) is 0 Å². The van der Waals surface area contributed by atoms with Crippen molar-refractivity contribution in [2.45, 2.75) is 6.92 Å². The average Bonchev–Trinajstić information content (AvgIpc) is 1.87. The van der Waals surface area contributed by atoms with Gasteiger partial charge in [-0.15, -0.1) is 0 Å². The third-order valence-corrected chi connectivity index (χ3v) is 0.509. The van der Waals surface area contributed by atoms with E-state index in [2.05, 4.69) is 14.7 Å². The van der Waals surface area contributed by atoms with Gasteiger partial charge < -0.3 is 9.51 Å². The molecule has 0 radical (unpaired) electrons. The fraction of sp³-hybridized carbons (Fsp3) is 0.333. The van der Waals surface area contributed by atoms with Gasteiger partial charge in [-0.2, -0.15) is 0 Å². The van der Waals surface area contributed by atoms with E-state index in [4.69, 9.17) is 0 Å². The first-order valence-corrected chi connectivity index (χ1v) is 1.76. The standard InChI is InChI=1S/C3H4N2O2.K/c1-2-4-3(6)7-5-2;/h1H3,(H,4,5,6);/q;+1/p-1. The van der Waals surface area contributed by atoms with Gasteiger partial charge in [-0.05, 0) is 12.7 Å². The van der Waals surface area contributed by atoms with E-state index < -0.39 is 5.76 Å². The normalized spacial score (nSPS) is 8.12. The Balaban J connectivity index is 0.000000490. The molecule has 0 aliphatic carbocycles. The van der Waals surface area contributed by atoms with Crippen LogP contribution < -0.4 is 62.1 Å². The molecule has 0 aliphatic rings. The van der Waals surface area contributed by atoms with Crippen molar-refractivity contribution in [2.75, 3.05) is 0 Å². The van der Waals surface area contributed by atoms with Crippen LogP contribution in [0.15, 0.2) is 9.32 Å². The van der Waals surface area contributed by atoms with E-state index in [-0.39, 0.29) is 51.4 Å². The summed E-state index contributed by atoms with van der Waals surface area (Å²) in [5, 5.41) is 3.22. The van der Waals surface area contributed by atoms with E-state index in [1.54, 1.807) is 6.92 Å². The van der Waals surface area contributed by atoms with Crippen LogP contribution in [0.5, 0.6) is 0 Å². The first-order chi connectivity index (χ1) is 3.29. The van der Waals surface area contributed by atoms with Crippen molar-refractivity contribution in [2.24, 2.45) is 0 Å². The van der Waals surface area contributed by atoms with Crippen LogP contribution in [0.1, 0.15) is 5.82 Å². The van der Waals surface area contributed by atoms with Crippen LogP contribution in [0.25, 0.3) is 0 Å².